The summed E-state index contributed by atoms with van der Waals surface area (Å²) in [5, 5.41) is 44.8. The van der Waals surface area contributed by atoms with Crippen LogP contribution in [0.15, 0.2) is 18.2 Å². The maximum absolute atomic E-state index is 10.3. The molecule has 2 aromatic rings. The summed E-state index contributed by atoms with van der Waals surface area (Å²) in [6.45, 7) is 5.31. The van der Waals surface area contributed by atoms with Crippen LogP contribution in [0.25, 0.3) is 0 Å². The Morgan fingerprint density at radius 2 is 1.90 bits per heavy atom. The van der Waals surface area contributed by atoms with Gasteiger partial charge < -0.3 is 34.6 Å². The van der Waals surface area contributed by atoms with E-state index in [4.69, 9.17) is 25.8 Å². The van der Waals surface area contributed by atoms with Crippen LogP contribution in [-0.4, -0.2) is 74.6 Å². The Kier molecular flexibility index (Phi) is 7.46. The standard InChI is InChI=1S/C21H29ClN2O7/c1-10(2)24-11(3)14(7-12-5-6-13(29-4)8-15(12)22)20(23-24)31-21-19(28)18(27)17(26)16(9-25)30-21/h5-6,8,10,16-19,21,25-28H,7,9H2,1-4H3/t16-,17-,18?,19-,21+/m1/s1. The molecule has 9 nitrogen and oxygen atoms in total. The molecule has 0 saturated carbocycles. The Balaban J connectivity index is 1.94. The van der Waals surface area contributed by atoms with Gasteiger partial charge in [0.25, 0.3) is 0 Å². The number of benzene rings is 1. The van der Waals surface area contributed by atoms with Crippen LogP contribution in [0.3, 0.4) is 0 Å². The van der Waals surface area contributed by atoms with Crippen molar-refractivity contribution in [2.24, 2.45) is 0 Å². The summed E-state index contributed by atoms with van der Waals surface area (Å²) in [5.41, 5.74) is 2.41. The normalized spacial score (nSPS) is 26.3. The molecule has 10 heteroatoms. The van der Waals surface area contributed by atoms with E-state index < -0.39 is 37.3 Å². The van der Waals surface area contributed by atoms with Gasteiger partial charge in [-0.15, -0.1) is 5.10 Å². The van der Waals surface area contributed by atoms with Crippen molar-refractivity contribution in [2.75, 3.05) is 13.7 Å². The fourth-order valence-electron chi connectivity index (χ4n) is 3.59. The molecular formula is C21H29ClN2O7. The Morgan fingerprint density at radius 1 is 1.19 bits per heavy atom. The van der Waals surface area contributed by atoms with Gasteiger partial charge in [-0.05, 0) is 38.5 Å². The van der Waals surface area contributed by atoms with E-state index >= 15 is 0 Å². The van der Waals surface area contributed by atoms with Crippen molar-refractivity contribution >= 4 is 11.6 Å². The SMILES string of the molecule is COc1ccc(Cc2c(O[C@@H]3O[C@H](CO)[C@@H](O)C(O)[C@H]3O)nn(C(C)C)c2C)c(Cl)c1. The van der Waals surface area contributed by atoms with Crippen LogP contribution >= 0.6 is 11.6 Å². The van der Waals surface area contributed by atoms with Crippen LogP contribution in [0.5, 0.6) is 11.6 Å². The molecule has 0 bridgehead atoms. The van der Waals surface area contributed by atoms with E-state index in [1.54, 1.807) is 17.9 Å². The third-order valence-electron chi connectivity index (χ3n) is 5.43. The molecule has 1 unspecified atom stereocenters. The quantitative estimate of drug-likeness (QED) is 0.489. The maximum atomic E-state index is 10.3. The third-order valence-corrected chi connectivity index (χ3v) is 5.78. The van der Waals surface area contributed by atoms with E-state index in [-0.39, 0.29) is 11.9 Å². The predicted octanol–water partition coefficient (Wildman–Crippen LogP) is 1.20. The molecule has 1 saturated heterocycles. The maximum Gasteiger partial charge on any atom is 0.239 e. The second-order valence-corrected chi connectivity index (χ2v) is 8.26. The second-order valence-electron chi connectivity index (χ2n) is 7.86. The van der Waals surface area contributed by atoms with Crippen molar-refractivity contribution in [3.8, 4) is 11.6 Å². The Bertz CT molecular complexity index is 902. The minimum Gasteiger partial charge on any atom is -0.497 e. The molecule has 0 radical (unpaired) electrons. The molecule has 5 atom stereocenters. The Morgan fingerprint density at radius 3 is 2.48 bits per heavy atom. The first kappa shape index (κ1) is 23.8. The summed E-state index contributed by atoms with van der Waals surface area (Å²) in [5.74, 6) is 0.851. The molecule has 0 amide bonds. The molecule has 1 aromatic carbocycles. The number of aliphatic hydroxyl groups excluding tert-OH is 4. The summed E-state index contributed by atoms with van der Waals surface area (Å²) >= 11 is 6.42. The first-order valence-electron chi connectivity index (χ1n) is 10.1. The number of methoxy groups -OCH3 is 1. The van der Waals surface area contributed by atoms with Crippen molar-refractivity contribution in [1.82, 2.24) is 9.78 Å². The number of aromatic nitrogens is 2. The smallest absolute Gasteiger partial charge is 0.239 e. The lowest BCUT2D eigenvalue weighted by molar-refractivity contribution is -0.278. The van der Waals surface area contributed by atoms with Crippen LogP contribution in [-0.2, 0) is 11.2 Å². The van der Waals surface area contributed by atoms with Crippen LogP contribution in [0.4, 0.5) is 0 Å². The van der Waals surface area contributed by atoms with Gasteiger partial charge in [0.1, 0.15) is 30.2 Å². The largest absolute Gasteiger partial charge is 0.497 e. The van der Waals surface area contributed by atoms with E-state index in [1.807, 2.05) is 32.9 Å². The molecule has 0 spiro atoms. The molecule has 1 aliphatic heterocycles. The van der Waals surface area contributed by atoms with E-state index in [0.29, 0.717) is 17.2 Å². The highest BCUT2D eigenvalue weighted by atomic mass is 35.5. The van der Waals surface area contributed by atoms with Gasteiger partial charge >= 0.3 is 0 Å². The topological polar surface area (TPSA) is 126 Å². The van der Waals surface area contributed by atoms with E-state index in [2.05, 4.69) is 5.10 Å². The number of hydrogen-bond donors (Lipinski definition) is 4. The molecule has 31 heavy (non-hydrogen) atoms. The lowest BCUT2D eigenvalue weighted by Crippen LogP contribution is -2.60. The van der Waals surface area contributed by atoms with Gasteiger partial charge in [-0.3, -0.25) is 4.68 Å². The Labute approximate surface area is 185 Å². The summed E-state index contributed by atoms with van der Waals surface area (Å²) in [6, 6.07) is 5.42. The van der Waals surface area contributed by atoms with Crippen molar-refractivity contribution in [3.63, 3.8) is 0 Å². The summed E-state index contributed by atoms with van der Waals surface area (Å²) in [7, 11) is 1.56. The summed E-state index contributed by atoms with van der Waals surface area (Å²) < 4.78 is 18.3. The highest BCUT2D eigenvalue weighted by Gasteiger charge is 2.45. The molecule has 1 aromatic heterocycles. The molecule has 1 aliphatic rings. The van der Waals surface area contributed by atoms with Crippen LogP contribution in [0, 0.1) is 6.92 Å². The van der Waals surface area contributed by atoms with Gasteiger partial charge in [0.15, 0.2) is 0 Å². The first-order chi connectivity index (χ1) is 14.7. The monoisotopic (exact) mass is 456 g/mol. The van der Waals surface area contributed by atoms with Gasteiger partial charge in [0, 0.05) is 28.7 Å². The number of halogens is 1. The molecule has 3 rings (SSSR count). The fourth-order valence-corrected chi connectivity index (χ4v) is 3.83. The number of aliphatic hydroxyl groups is 4. The molecule has 4 N–H and O–H groups in total. The predicted molar refractivity (Wildman–Crippen MR) is 113 cm³/mol. The van der Waals surface area contributed by atoms with Crippen molar-refractivity contribution in [2.45, 2.75) is 63.9 Å². The van der Waals surface area contributed by atoms with Crippen molar-refractivity contribution in [3.05, 3.63) is 40.0 Å². The van der Waals surface area contributed by atoms with Gasteiger partial charge in [-0.1, -0.05) is 17.7 Å². The molecule has 1 fully saturated rings. The zero-order valence-corrected chi connectivity index (χ0v) is 18.7. The average Bonchev–Trinajstić information content (AvgIpc) is 3.05. The van der Waals surface area contributed by atoms with Crippen LogP contribution in [0.2, 0.25) is 5.02 Å². The molecule has 172 valence electrons. The fraction of sp³-hybridized carbons (Fsp3) is 0.571. The molecular weight excluding hydrogens is 428 g/mol. The third kappa shape index (κ3) is 4.82. The Hall–Kier alpha value is -1.88. The second kappa shape index (κ2) is 9.72. The van der Waals surface area contributed by atoms with E-state index in [9.17, 15) is 20.4 Å². The average molecular weight is 457 g/mol. The number of hydrogen-bond acceptors (Lipinski definition) is 8. The number of rotatable bonds is 7. The minimum absolute atomic E-state index is 0.0391. The molecule has 2 heterocycles. The lowest BCUT2D eigenvalue weighted by atomic mass is 9.99. The number of nitrogens with zero attached hydrogens (tertiary/aromatic N) is 2. The molecule has 0 aliphatic carbocycles. The van der Waals surface area contributed by atoms with Crippen LogP contribution in [0.1, 0.15) is 36.7 Å². The first-order valence-corrected chi connectivity index (χ1v) is 10.4. The zero-order chi connectivity index (χ0) is 22.9. The van der Waals surface area contributed by atoms with Crippen molar-refractivity contribution in [1.29, 1.82) is 0 Å². The number of ether oxygens (including phenoxy) is 3. The van der Waals surface area contributed by atoms with E-state index in [1.165, 1.54) is 0 Å². The minimum atomic E-state index is -1.54. The van der Waals surface area contributed by atoms with Crippen molar-refractivity contribution < 1.29 is 34.6 Å². The zero-order valence-electron chi connectivity index (χ0n) is 17.9. The van der Waals surface area contributed by atoms with Gasteiger partial charge in [-0.25, -0.2) is 0 Å². The van der Waals surface area contributed by atoms with Gasteiger partial charge in [0.2, 0.25) is 12.2 Å². The summed E-state index contributed by atoms with van der Waals surface area (Å²) in [4.78, 5) is 0. The van der Waals surface area contributed by atoms with E-state index in [0.717, 1.165) is 16.8 Å². The lowest BCUT2D eigenvalue weighted by Gasteiger charge is -2.39. The van der Waals surface area contributed by atoms with Crippen LogP contribution < -0.4 is 9.47 Å². The summed E-state index contributed by atoms with van der Waals surface area (Å²) in [6.07, 6.45) is -6.53. The highest BCUT2D eigenvalue weighted by Crippen LogP contribution is 2.33. The highest BCUT2D eigenvalue weighted by molar-refractivity contribution is 6.31. The van der Waals surface area contributed by atoms with Gasteiger partial charge in [-0.2, -0.15) is 0 Å². The van der Waals surface area contributed by atoms with Gasteiger partial charge in [0.05, 0.1) is 13.7 Å².